The summed E-state index contributed by atoms with van der Waals surface area (Å²) in [5.41, 5.74) is 1.78. The maximum Gasteiger partial charge on any atom is 0.265 e. The van der Waals surface area contributed by atoms with Crippen LogP contribution < -0.4 is 9.62 Å². The second kappa shape index (κ2) is 9.17. The van der Waals surface area contributed by atoms with Gasteiger partial charge in [0, 0.05) is 18.0 Å². The first-order chi connectivity index (χ1) is 15.3. The van der Waals surface area contributed by atoms with Crippen molar-refractivity contribution in [2.75, 3.05) is 16.2 Å². The lowest BCUT2D eigenvalue weighted by atomic mass is 10.1. The number of hydrogen-bond acceptors (Lipinski definition) is 6. The molecule has 1 aliphatic rings. The molecule has 32 heavy (non-hydrogen) atoms. The molecule has 0 unspecified atom stereocenters. The number of nitrogens with zero attached hydrogens (tertiary/aromatic N) is 3. The van der Waals surface area contributed by atoms with Gasteiger partial charge in [-0.3, -0.25) is 14.4 Å². The molecule has 2 heterocycles. The van der Waals surface area contributed by atoms with Crippen molar-refractivity contribution >= 4 is 49.7 Å². The van der Waals surface area contributed by atoms with Gasteiger partial charge in [-0.25, -0.2) is 8.42 Å². The molecular formula is C22H23ClN4O3S2. The number of nitrogens with one attached hydrogen (secondary N) is 1. The molecule has 0 aliphatic carbocycles. The van der Waals surface area contributed by atoms with E-state index in [0.29, 0.717) is 29.7 Å². The Bertz CT molecular complexity index is 1260. The highest BCUT2D eigenvalue weighted by Gasteiger charge is 2.32. The van der Waals surface area contributed by atoms with Gasteiger partial charge in [0.1, 0.15) is 9.90 Å². The summed E-state index contributed by atoms with van der Waals surface area (Å²) >= 11 is 7.60. The summed E-state index contributed by atoms with van der Waals surface area (Å²) in [5, 5.41) is 12.3. The Morgan fingerprint density at radius 1 is 1.19 bits per heavy atom. The number of amides is 1. The molecule has 0 bridgehead atoms. The van der Waals surface area contributed by atoms with E-state index in [1.165, 1.54) is 33.8 Å². The van der Waals surface area contributed by atoms with E-state index in [4.69, 9.17) is 11.6 Å². The molecular weight excluding hydrogens is 468 g/mol. The summed E-state index contributed by atoms with van der Waals surface area (Å²) in [5.74, 6) is -0.166. The first kappa shape index (κ1) is 22.7. The number of halogens is 1. The molecule has 1 aliphatic heterocycles. The molecule has 10 heteroatoms. The number of carbonyl (C=O) groups excluding carboxylic acids is 1. The predicted octanol–water partition coefficient (Wildman–Crippen LogP) is 5.10. The third kappa shape index (κ3) is 4.24. The molecule has 2 aromatic carbocycles. The monoisotopic (exact) mass is 490 g/mol. The zero-order chi connectivity index (χ0) is 22.9. The third-order valence-electron chi connectivity index (χ3n) is 5.60. The van der Waals surface area contributed by atoms with E-state index in [0.717, 1.165) is 23.4 Å². The smallest absolute Gasteiger partial charge is 0.265 e. The molecule has 0 atom stereocenters. The van der Waals surface area contributed by atoms with Crippen molar-refractivity contribution < 1.29 is 13.2 Å². The van der Waals surface area contributed by atoms with Crippen LogP contribution in [0.2, 0.25) is 5.02 Å². The van der Waals surface area contributed by atoms with Crippen LogP contribution in [0, 0.1) is 0 Å². The van der Waals surface area contributed by atoms with E-state index < -0.39 is 15.9 Å². The molecule has 3 aromatic rings. The van der Waals surface area contributed by atoms with Gasteiger partial charge in [-0.1, -0.05) is 55.0 Å². The van der Waals surface area contributed by atoms with E-state index in [1.54, 1.807) is 12.1 Å². The number of carbonyl (C=O) groups is 1. The van der Waals surface area contributed by atoms with Gasteiger partial charge in [-0.15, -0.1) is 10.2 Å². The van der Waals surface area contributed by atoms with Gasteiger partial charge in [0.25, 0.3) is 15.9 Å². The number of sulfonamides is 1. The van der Waals surface area contributed by atoms with Gasteiger partial charge >= 0.3 is 0 Å². The average molecular weight is 491 g/mol. The molecule has 0 fully saturated rings. The summed E-state index contributed by atoms with van der Waals surface area (Å²) in [6.45, 7) is 4.50. The van der Waals surface area contributed by atoms with Crippen LogP contribution in [-0.4, -0.2) is 31.1 Å². The van der Waals surface area contributed by atoms with Gasteiger partial charge < -0.3 is 0 Å². The third-order valence-corrected chi connectivity index (χ3v) is 8.90. The number of aromatic nitrogens is 2. The largest absolute Gasteiger partial charge is 0.296 e. The minimum atomic E-state index is -3.93. The SMILES string of the molecule is CCC(CC)c1nnc(NC(=O)c2ccc(Cl)c(S(=O)(=O)N3CCc4ccccc43)c2)s1. The molecule has 0 saturated carbocycles. The van der Waals surface area contributed by atoms with E-state index in [-0.39, 0.29) is 15.5 Å². The van der Waals surface area contributed by atoms with Gasteiger partial charge in [0.05, 0.1) is 10.7 Å². The fourth-order valence-corrected chi connectivity index (χ4v) is 6.79. The van der Waals surface area contributed by atoms with Gasteiger partial charge in [0.2, 0.25) is 5.13 Å². The summed E-state index contributed by atoms with van der Waals surface area (Å²) in [7, 11) is -3.93. The average Bonchev–Trinajstić information content (AvgIpc) is 3.42. The number of para-hydroxylation sites is 1. The van der Waals surface area contributed by atoms with E-state index in [9.17, 15) is 13.2 Å². The van der Waals surface area contributed by atoms with Crippen molar-refractivity contribution in [3.63, 3.8) is 0 Å². The van der Waals surface area contributed by atoms with Crippen molar-refractivity contribution in [1.82, 2.24) is 10.2 Å². The number of benzene rings is 2. The standard InChI is InChI=1S/C22H23ClN4O3S2/c1-3-14(4-2)21-25-26-22(31-21)24-20(28)16-9-10-17(23)19(13-16)32(29,30)27-12-11-15-7-5-6-8-18(15)27/h5-10,13-14H,3-4,11-12H2,1-2H3,(H,24,26,28). The van der Waals surface area contributed by atoms with E-state index >= 15 is 0 Å². The summed E-state index contributed by atoms with van der Waals surface area (Å²) in [6, 6.07) is 11.6. The molecule has 0 spiro atoms. The van der Waals surface area contributed by atoms with Crippen molar-refractivity contribution in [2.24, 2.45) is 0 Å². The Morgan fingerprint density at radius 3 is 2.69 bits per heavy atom. The molecule has 1 aromatic heterocycles. The highest BCUT2D eigenvalue weighted by molar-refractivity contribution is 7.93. The van der Waals surface area contributed by atoms with Crippen LogP contribution in [0.1, 0.15) is 53.5 Å². The zero-order valence-corrected chi connectivity index (χ0v) is 20.1. The van der Waals surface area contributed by atoms with E-state index in [2.05, 4.69) is 29.4 Å². The van der Waals surface area contributed by atoms with Crippen molar-refractivity contribution in [3.8, 4) is 0 Å². The lowest BCUT2D eigenvalue weighted by Crippen LogP contribution is -2.29. The molecule has 1 amide bonds. The minimum absolute atomic E-state index is 0.0675. The van der Waals surface area contributed by atoms with Crippen LogP contribution >= 0.6 is 22.9 Å². The van der Waals surface area contributed by atoms with Gasteiger partial charge in [0.15, 0.2) is 0 Å². The highest BCUT2D eigenvalue weighted by Crippen LogP contribution is 2.35. The van der Waals surface area contributed by atoms with E-state index in [1.807, 2.05) is 12.1 Å². The van der Waals surface area contributed by atoms with Crippen molar-refractivity contribution in [2.45, 2.75) is 43.9 Å². The predicted molar refractivity (Wildman–Crippen MR) is 127 cm³/mol. The normalized spacial score (nSPS) is 13.4. The minimum Gasteiger partial charge on any atom is -0.296 e. The Hall–Kier alpha value is -2.49. The molecule has 0 saturated heterocycles. The fraction of sp³-hybridized carbons (Fsp3) is 0.318. The van der Waals surface area contributed by atoms with Crippen LogP contribution in [-0.2, 0) is 16.4 Å². The van der Waals surface area contributed by atoms with Crippen LogP contribution in [0.15, 0.2) is 47.4 Å². The van der Waals surface area contributed by atoms with Crippen molar-refractivity contribution in [1.29, 1.82) is 0 Å². The van der Waals surface area contributed by atoms with Gasteiger partial charge in [-0.05, 0) is 49.1 Å². The van der Waals surface area contributed by atoms with Crippen LogP contribution in [0.3, 0.4) is 0 Å². The van der Waals surface area contributed by atoms with Crippen LogP contribution in [0.4, 0.5) is 10.8 Å². The second-order valence-corrected chi connectivity index (χ2v) is 10.8. The number of hydrogen-bond donors (Lipinski definition) is 1. The Kier molecular flexibility index (Phi) is 6.50. The maximum absolute atomic E-state index is 13.4. The highest BCUT2D eigenvalue weighted by atomic mass is 35.5. The second-order valence-electron chi connectivity index (χ2n) is 7.51. The Balaban J connectivity index is 1.60. The van der Waals surface area contributed by atoms with Gasteiger partial charge in [-0.2, -0.15) is 0 Å². The summed E-state index contributed by atoms with van der Waals surface area (Å²) < 4.78 is 28.1. The van der Waals surface area contributed by atoms with Crippen LogP contribution in [0.25, 0.3) is 0 Å². The Labute approximate surface area is 196 Å². The molecule has 1 N–H and O–H groups in total. The lowest BCUT2D eigenvalue weighted by molar-refractivity contribution is 0.102. The maximum atomic E-state index is 13.4. The summed E-state index contributed by atoms with van der Waals surface area (Å²) in [4.78, 5) is 12.7. The number of anilines is 2. The fourth-order valence-electron chi connectivity index (χ4n) is 3.78. The first-order valence-electron chi connectivity index (χ1n) is 10.4. The molecule has 0 radical (unpaired) electrons. The number of rotatable bonds is 7. The summed E-state index contributed by atoms with van der Waals surface area (Å²) in [6.07, 6.45) is 2.51. The number of fused-ring (bicyclic) bond motifs is 1. The molecule has 4 rings (SSSR count). The topological polar surface area (TPSA) is 92.3 Å². The Morgan fingerprint density at radius 2 is 1.94 bits per heavy atom. The molecule has 7 nitrogen and oxygen atoms in total. The first-order valence-corrected chi connectivity index (χ1v) is 13.0. The zero-order valence-electron chi connectivity index (χ0n) is 17.7. The quantitative estimate of drug-likeness (QED) is 0.497. The van der Waals surface area contributed by atoms with Crippen molar-refractivity contribution in [3.05, 3.63) is 63.6 Å². The van der Waals surface area contributed by atoms with Crippen LogP contribution in [0.5, 0.6) is 0 Å². The lowest BCUT2D eigenvalue weighted by Gasteiger charge is -2.20. The molecule has 168 valence electrons.